The number of nitro groups is 1. The Morgan fingerprint density at radius 2 is 2.07 bits per heavy atom. The Balaban J connectivity index is 1.75. The van der Waals surface area contributed by atoms with Gasteiger partial charge in [0.05, 0.1) is 23.4 Å². The van der Waals surface area contributed by atoms with Gasteiger partial charge in [-0.2, -0.15) is 5.10 Å². The van der Waals surface area contributed by atoms with E-state index in [1.807, 2.05) is 0 Å². The number of furan rings is 1. The molecule has 0 fully saturated rings. The van der Waals surface area contributed by atoms with Crippen LogP contribution in [-0.4, -0.2) is 26.5 Å². The van der Waals surface area contributed by atoms with E-state index in [2.05, 4.69) is 15.7 Å². The largest absolute Gasteiger partial charge is 0.467 e. The van der Waals surface area contributed by atoms with Gasteiger partial charge >= 0.3 is 0 Å². The molecule has 0 radical (unpaired) electrons. The lowest BCUT2D eigenvalue weighted by atomic mass is 10.2. The molecule has 0 bridgehead atoms. The zero-order chi connectivity index (χ0) is 19.4. The fraction of sp³-hybridized carbons (Fsp3) is 0.118. The number of aromatic nitrogens is 2. The molecular weight excluding hydrogens is 354 g/mol. The summed E-state index contributed by atoms with van der Waals surface area (Å²) >= 11 is 0. The highest BCUT2D eigenvalue weighted by atomic mass is 16.6. The second kappa shape index (κ2) is 7.52. The number of non-ortho nitro benzene ring substituents is 1. The molecule has 0 aliphatic rings. The third-order valence-electron chi connectivity index (χ3n) is 3.61. The molecule has 2 N–H and O–H groups in total. The summed E-state index contributed by atoms with van der Waals surface area (Å²) in [4.78, 5) is 35.0. The number of benzene rings is 1. The molecule has 0 spiro atoms. The van der Waals surface area contributed by atoms with Crippen LogP contribution in [0.5, 0.6) is 0 Å². The van der Waals surface area contributed by atoms with Crippen molar-refractivity contribution >= 4 is 23.2 Å². The molecule has 2 heterocycles. The standard InChI is InChI=1S/C17H15N5O5/c1-21-10-14(15(20-21)17(24)18-9-13-6-3-7-27-13)19-16(23)11-4-2-5-12(8-11)22(25)26/h2-8,10H,9H2,1H3,(H,18,24)(H,19,23). The number of nitrogens with zero attached hydrogens (tertiary/aromatic N) is 3. The van der Waals surface area contributed by atoms with Crippen molar-refractivity contribution < 1.29 is 18.9 Å². The molecule has 1 aromatic carbocycles. The molecule has 138 valence electrons. The predicted octanol–water partition coefficient (Wildman–Crippen LogP) is 2.10. The highest BCUT2D eigenvalue weighted by Gasteiger charge is 2.19. The summed E-state index contributed by atoms with van der Waals surface area (Å²) in [5, 5.41) is 20.1. The van der Waals surface area contributed by atoms with Crippen LogP contribution in [0.4, 0.5) is 11.4 Å². The zero-order valence-electron chi connectivity index (χ0n) is 14.2. The van der Waals surface area contributed by atoms with Crippen LogP contribution in [0.25, 0.3) is 0 Å². The summed E-state index contributed by atoms with van der Waals surface area (Å²) in [6.45, 7) is 0.167. The second-order valence-electron chi connectivity index (χ2n) is 5.59. The van der Waals surface area contributed by atoms with Crippen molar-refractivity contribution in [1.29, 1.82) is 0 Å². The smallest absolute Gasteiger partial charge is 0.274 e. The van der Waals surface area contributed by atoms with Gasteiger partial charge in [0.15, 0.2) is 5.69 Å². The fourth-order valence-corrected chi connectivity index (χ4v) is 2.37. The maximum absolute atomic E-state index is 12.4. The first-order valence-corrected chi connectivity index (χ1v) is 7.84. The normalized spacial score (nSPS) is 10.4. The quantitative estimate of drug-likeness (QED) is 0.505. The van der Waals surface area contributed by atoms with Gasteiger partial charge in [-0.1, -0.05) is 6.07 Å². The van der Waals surface area contributed by atoms with E-state index < -0.39 is 16.7 Å². The van der Waals surface area contributed by atoms with Gasteiger partial charge in [-0.25, -0.2) is 0 Å². The highest BCUT2D eigenvalue weighted by Crippen LogP contribution is 2.18. The molecule has 0 aliphatic carbocycles. The van der Waals surface area contributed by atoms with Gasteiger partial charge < -0.3 is 15.1 Å². The molecule has 0 atom stereocenters. The van der Waals surface area contributed by atoms with Crippen molar-refractivity contribution in [3.63, 3.8) is 0 Å². The maximum atomic E-state index is 12.4. The van der Waals surface area contributed by atoms with Crippen LogP contribution < -0.4 is 10.6 Å². The molecule has 3 aromatic rings. The summed E-state index contributed by atoms with van der Waals surface area (Å²) in [7, 11) is 1.60. The molecular formula is C17H15N5O5. The lowest BCUT2D eigenvalue weighted by molar-refractivity contribution is -0.384. The SMILES string of the molecule is Cn1cc(NC(=O)c2cccc([N+](=O)[O-])c2)c(C(=O)NCc2ccco2)n1. The summed E-state index contributed by atoms with van der Waals surface area (Å²) in [5.74, 6) is -0.519. The number of carbonyl (C=O) groups excluding carboxylic acids is 2. The van der Waals surface area contributed by atoms with Crippen LogP contribution in [-0.2, 0) is 13.6 Å². The summed E-state index contributed by atoms with van der Waals surface area (Å²) < 4.78 is 6.52. The van der Waals surface area contributed by atoms with E-state index in [0.29, 0.717) is 5.76 Å². The van der Waals surface area contributed by atoms with E-state index in [0.717, 1.165) is 6.07 Å². The molecule has 0 saturated carbocycles. The zero-order valence-corrected chi connectivity index (χ0v) is 14.2. The Bertz CT molecular complexity index is 993. The number of nitrogens with one attached hydrogen (secondary N) is 2. The van der Waals surface area contributed by atoms with Crippen molar-refractivity contribution in [1.82, 2.24) is 15.1 Å². The summed E-state index contributed by atoms with van der Waals surface area (Å²) in [6, 6.07) is 8.70. The van der Waals surface area contributed by atoms with Gasteiger partial charge in [-0.3, -0.25) is 24.4 Å². The number of nitro benzene ring substituents is 1. The van der Waals surface area contributed by atoms with Crippen molar-refractivity contribution in [2.24, 2.45) is 7.05 Å². The lowest BCUT2D eigenvalue weighted by Gasteiger charge is -2.06. The number of amides is 2. The maximum Gasteiger partial charge on any atom is 0.274 e. The van der Waals surface area contributed by atoms with Crippen LogP contribution in [0.1, 0.15) is 26.6 Å². The van der Waals surface area contributed by atoms with Crippen LogP contribution >= 0.6 is 0 Å². The molecule has 0 aliphatic heterocycles. The van der Waals surface area contributed by atoms with Crippen LogP contribution in [0.3, 0.4) is 0 Å². The first kappa shape index (κ1) is 17.9. The van der Waals surface area contributed by atoms with Gasteiger partial charge in [0.25, 0.3) is 17.5 Å². The minimum Gasteiger partial charge on any atom is -0.467 e. The van der Waals surface area contributed by atoms with E-state index >= 15 is 0 Å². The molecule has 2 aromatic heterocycles. The van der Waals surface area contributed by atoms with E-state index in [-0.39, 0.29) is 29.2 Å². The average Bonchev–Trinajstić information content (AvgIpc) is 3.29. The van der Waals surface area contributed by atoms with E-state index in [1.54, 1.807) is 19.2 Å². The Hall–Kier alpha value is -3.95. The molecule has 0 saturated heterocycles. The second-order valence-corrected chi connectivity index (χ2v) is 5.59. The number of anilines is 1. The van der Waals surface area contributed by atoms with Crippen molar-refractivity contribution in [3.8, 4) is 0 Å². The van der Waals surface area contributed by atoms with Crippen LogP contribution in [0.15, 0.2) is 53.3 Å². The Morgan fingerprint density at radius 1 is 1.26 bits per heavy atom. The topological polar surface area (TPSA) is 132 Å². The molecule has 3 rings (SSSR count). The fourth-order valence-electron chi connectivity index (χ4n) is 2.37. The third-order valence-corrected chi connectivity index (χ3v) is 3.61. The number of hydrogen-bond acceptors (Lipinski definition) is 6. The lowest BCUT2D eigenvalue weighted by Crippen LogP contribution is -2.25. The predicted molar refractivity (Wildman–Crippen MR) is 94.1 cm³/mol. The Kier molecular flexibility index (Phi) is 4.97. The first-order chi connectivity index (χ1) is 12.9. The molecule has 10 heteroatoms. The van der Waals surface area contributed by atoms with E-state index in [1.165, 1.54) is 35.3 Å². The minimum absolute atomic E-state index is 0.0165. The summed E-state index contributed by atoms with van der Waals surface area (Å²) in [6.07, 6.45) is 2.96. The third kappa shape index (κ3) is 4.18. The van der Waals surface area contributed by atoms with Gasteiger partial charge in [-0.15, -0.1) is 0 Å². The number of carbonyl (C=O) groups is 2. The Labute approximate surface area is 152 Å². The molecule has 10 nitrogen and oxygen atoms in total. The van der Waals surface area contributed by atoms with Crippen LogP contribution in [0, 0.1) is 10.1 Å². The van der Waals surface area contributed by atoms with Crippen molar-refractivity contribution in [2.75, 3.05) is 5.32 Å². The number of aryl methyl sites for hydroxylation is 1. The van der Waals surface area contributed by atoms with Crippen LogP contribution in [0.2, 0.25) is 0 Å². The van der Waals surface area contributed by atoms with Gasteiger partial charge in [0, 0.05) is 30.9 Å². The Morgan fingerprint density at radius 3 is 2.78 bits per heavy atom. The molecule has 2 amide bonds. The summed E-state index contributed by atoms with van der Waals surface area (Å²) in [5.41, 5.74) is 0.0917. The minimum atomic E-state index is -0.591. The van der Waals surface area contributed by atoms with E-state index in [4.69, 9.17) is 4.42 Å². The molecule has 27 heavy (non-hydrogen) atoms. The van der Waals surface area contributed by atoms with Crippen molar-refractivity contribution in [2.45, 2.75) is 6.54 Å². The highest BCUT2D eigenvalue weighted by molar-refractivity contribution is 6.08. The van der Waals surface area contributed by atoms with Gasteiger partial charge in [0.1, 0.15) is 5.76 Å². The van der Waals surface area contributed by atoms with Gasteiger partial charge in [-0.05, 0) is 18.2 Å². The van der Waals surface area contributed by atoms with Crippen molar-refractivity contribution in [3.05, 3.63) is 76.0 Å². The van der Waals surface area contributed by atoms with E-state index in [9.17, 15) is 19.7 Å². The number of hydrogen-bond donors (Lipinski definition) is 2. The first-order valence-electron chi connectivity index (χ1n) is 7.84. The monoisotopic (exact) mass is 369 g/mol. The average molecular weight is 369 g/mol. The molecule has 0 unspecified atom stereocenters. The van der Waals surface area contributed by atoms with Gasteiger partial charge in [0.2, 0.25) is 0 Å². The number of rotatable bonds is 6.